The van der Waals surface area contributed by atoms with Gasteiger partial charge in [0.05, 0.1) is 25.7 Å². The molecule has 90 valence electrons. The molecule has 0 aliphatic heterocycles. The summed E-state index contributed by atoms with van der Waals surface area (Å²) in [5, 5.41) is 16.4. The van der Waals surface area contributed by atoms with Gasteiger partial charge in [0.25, 0.3) is 0 Å². The zero-order chi connectivity index (χ0) is 12.6. The van der Waals surface area contributed by atoms with Gasteiger partial charge in [-0.1, -0.05) is 0 Å². The van der Waals surface area contributed by atoms with Gasteiger partial charge in [0.15, 0.2) is 0 Å². The molecule has 0 aliphatic carbocycles. The number of hydrogen-bond donors (Lipinski definition) is 2. The van der Waals surface area contributed by atoms with E-state index < -0.39 is 49.6 Å². The first-order chi connectivity index (χ1) is 7.41. The lowest BCUT2D eigenvalue weighted by molar-refractivity contribution is -0.259. The maximum Gasteiger partial charge on any atom is 0.356 e. The maximum absolute atomic E-state index is 10.7. The Bertz CT molecular complexity index is 264. The smallest absolute Gasteiger partial charge is 0.356 e. The van der Waals surface area contributed by atoms with Crippen molar-refractivity contribution >= 4 is 23.9 Å². The Hall–Kier alpha value is -2.12. The molecule has 0 heterocycles. The second kappa shape index (κ2) is 7.21. The molecule has 0 aromatic heterocycles. The minimum absolute atomic E-state index is 0.429. The third-order valence-electron chi connectivity index (χ3n) is 1.31. The van der Waals surface area contributed by atoms with Crippen LogP contribution in [-0.4, -0.2) is 34.1 Å². The molecule has 0 spiro atoms. The summed E-state index contributed by atoms with van der Waals surface area (Å²) in [6.07, 6.45) is -1.74. The fourth-order valence-electron chi connectivity index (χ4n) is 0.594. The van der Waals surface area contributed by atoms with E-state index >= 15 is 0 Å². The molecule has 0 radical (unpaired) electrons. The lowest BCUT2D eigenvalue weighted by Gasteiger charge is -2.01. The highest BCUT2D eigenvalue weighted by atomic mass is 17.2. The van der Waals surface area contributed by atoms with Gasteiger partial charge in [-0.25, -0.2) is 19.4 Å². The Labute approximate surface area is 89.7 Å². The van der Waals surface area contributed by atoms with Crippen LogP contribution in [-0.2, 0) is 29.0 Å². The van der Waals surface area contributed by atoms with Crippen molar-refractivity contribution in [2.75, 3.05) is 0 Å². The summed E-state index contributed by atoms with van der Waals surface area (Å²) in [5.41, 5.74) is 0. The van der Waals surface area contributed by atoms with E-state index in [1.807, 2.05) is 0 Å². The summed E-state index contributed by atoms with van der Waals surface area (Å²) in [4.78, 5) is 49.4. The van der Waals surface area contributed by atoms with Crippen molar-refractivity contribution < 1.29 is 39.2 Å². The van der Waals surface area contributed by atoms with E-state index in [1.54, 1.807) is 0 Å². The van der Waals surface area contributed by atoms with E-state index in [0.717, 1.165) is 0 Å². The van der Waals surface area contributed by atoms with Crippen molar-refractivity contribution in [2.45, 2.75) is 25.7 Å². The van der Waals surface area contributed by atoms with Gasteiger partial charge in [0.2, 0.25) is 0 Å². The number of rotatable bonds is 6. The van der Waals surface area contributed by atoms with Gasteiger partial charge >= 0.3 is 23.9 Å². The first-order valence-electron chi connectivity index (χ1n) is 4.25. The van der Waals surface area contributed by atoms with E-state index in [1.165, 1.54) is 0 Å². The van der Waals surface area contributed by atoms with Crippen LogP contribution >= 0.6 is 0 Å². The van der Waals surface area contributed by atoms with Crippen molar-refractivity contribution in [3.05, 3.63) is 0 Å². The number of aliphatic carboxylic acids is 2. The predicted molar refractivity (Wildman–Crippen MR) is 45.9 cm³/mol. The number of carbonyl (C=O) groups excluding carboxylic acids is 2. The number of carbonyl (C=O) groups is 4. The minimum Gasteiger partial charge on any atom is -0.481 e. The van der Waals surface area contributed by atoms with Crippen molar-refractivity contribution in [2.24, 2.45) is 0 Å². The molecule has 0 aromatic rings. The van der Waals surface area contributed by atoms with Gasteiger partial charge < -0.3 is 10.2 Å². The summed E-state index contributed by atoms with van der Waals surface area (Å²) in [6.45, 7) is 0. The Morgan fingerprint density at radius 1 is 0.688 bits per heavy atom. The van der Waals surface area contributed by atoms with Crippen LogP contribution in [0.2, 0.25) is 0 Å². The fourth-order valence-corrected chi connectivity index (χ4v) is 0.594. The molecule has 8 nitrogen and oxygen atoms in total. The second-order valence-corrected chi connectivity index (χ2v) is 2.70. The highest BCUT2D eigenvalue weighted by molar-refractivity contribution is 5.78. The number of carboxylic acid groups (broad SMARTS) is 2. The van der Waals surface area contributed by atoms with Crippen molar-refractivity contribution in [1.82, 2.24) is 0 Å². The SMILES string of the molecule is O=C(O)CCC(=O)OOC(=O)CCC(=O)O. The molecule has 0 atom stereocenters. The highest BCUT2D eigenvalue weighted by Crippen LogP contribution is 1.97. The zero-order valence-electron chi connectivity index (χ0n) is 8.17. The molecule has 0 aromatic carbocycles. The van der Waals surface area contributed by atoms with E-state index in [2.05, 4.69) is 9.78 Å². The Kier molecular flexibility index (Phi) is 6.25. The normalized spacial score (nSPS) is 9.25. The molecular weight excluding hydrogens is 224 g/mol. The number of hydrogen-bond acceptors (Lipinski definition) is 6. The monoisotopic (exact) mass is 234 g/mol. The second-order valence-electron chi connectivity index (χ2n) is 2.70. The van der Waals surface area contributed by atoms with Gasteiger partial charge in [-0.3, -0.25) is 9.59 Å². The summed E-state index contributed by atoms with van der Waals surface area (Å²) in [5.74, 6) is -4.39. The Balaban J connectivity index is 3.63. The van der Waals surface area contributed by atoms with Crippen LogP contribution in [0.5, 0.6) is 0 Å². The number of carboxylic acids is 2. The third kappa shape index (κ3) is 8.48. The van der Waals surface area contributed by atoms with E-state index in [0.29, 0.717) is 0 Å². The molecule has 0 saturated heterocycles. The van der Waals surface area contributed by atoms with Crippen molar-refractivity contribution in [3.8, 4) is 0 Å². The van der Waals surface area contributed by atoms with Crippen LogP contribution in [0, 0.1) is 0 Å². The topological polar surface area (TPSA) is 127 Å². The zero-order valence-corrected chi connectivity index (χ0v) is 8.17. The quantitative estimate of drug-likeness (QED) is 0.474. The molecule has 2 N–H and O–H groups in total. The van der Waals surface area contributed by atoms with Crippen molar-refractivity contribution in [1.29, 1.82) is 0 Å². The van der Waals surface area contributed by atoms with Crippen molar-refractivity contribution in [3.63, 3.8) is 0 Å². The lowest BCUT2D eigenvalue weighted by atomic mass is 10.3. The van der Waals surface area contributed by atoms with Crippen LogP contribution in [0.1, 0.15) is 25.7 Å². The lowest BCUT2D eigenvalue weighted by Crippen LogP contribution is -2.13. The first-order valence-corrected chi connectivity index (χ1v) is 4.25. The fraction of sp³-hybridized carbons (Fsp3) is 0.500. The predicted octanol–water partition coefficient (Wildman–Crippen LogP) is -0.283. The molecule has 16 heavy (non-hydrogen) atoms. The van der Waals surface area contributed by atoms with Gasteiger partial charge in [0, 0.05) is 0 Å². The summed E-state index contributed by atoms with van der Waals surface area (Å²) < 4.78 is 0. The first kappa shape index (κ1) is 13.9. The maximum atomic E-state index is 10.7. The molecule has 8 heteroatoms. The van der Waals surface area contributed by atoms with Gasteiger partial charge in [-0.15, -0.1) is 0 Å². The molecule has 0 fully saturated rings. The standard InChI is InChI=1S/C8H10O8/c9-5(10)1-3-7(13)15-16-8(14)4-2-6(11)12/h1-4H2,(H,9,10)(H,11,12). The average Bonchev–Trinajstić information content (AvgIpc) is 2.20. The summed E-state index contributed by atoms with van der Waals surface area (Å²) >= 11 is 0. The van der Waals surface area contributed by atoms with Crippen LogP contribution < -0.4 is 0 Å². The van der Waals surface area contributed by atoms with Crippen LogP contribution in [0.25, 0.3) is 0 Å². The van der Waals surface area contributed by atoms with E-state index in [4.69, 9.17) is 10.2 Å². The molecule has 0 rings (SSSR count). The van der Waals surface area contributed by atoms with E-state index in [9.17, 15) is 19.2 Å². The Morgan fingerprint density at radius 3 is 1.25 bits per heavy atom. The molecule has 0 bridgehead atoms. The molecule has 0 amide bonds. The van der Waals surface area contributed by atoms with Gasteiger partial charge in [-0.05, 0) is 0 Å². The minimum atomic E-state index is -1.19. The van der Waals surface area contributed by atoms with Crippen LogP contribution in [0.3, 0.4) is 0 Å². The largest absolute Gasteiger partial charge is 0.481 e. The summed E-state index contributed by atoms with van der Waals surface area (Å²) in [7, 11) is 0. The van der Waals surface area contributed by atoms with Crippen LogP contribution in [0.15, 0.2) is 0 Å². The average molecular weight is 234 g/mol. The molecule has 0 unspecified atom stereocenters. The highest BCUT2D eigenvalue weighted by Gasteiger charge is 2.12. The molecule has 0 saturated carbocycles. The van der Waals surface area contributed by atoms with Crippen LogP contribution in [0.4, 0.5) is 0 Å². The van der Waals surface area contributed by atoms with E-state index in [-0.39, 0.29) is 0 Å². The van der Waals surface area contributed by atoms with Gasteiger partial charge in [0.1, 0.15) is 0 Å². The molecule has 0 aliphatic rings. The Morgan fingerprint density at radius 2 is 1.00 bits per heavy atom. The van der Waals surface area contributed by atoms with Gasteiger partial charge in [-0.2, -0.15) is 0 Å². The summed E-state index contributed by atoms with van der Waals surface area (Å²) in [6, 6.07) is 0. The molecular formula is C8H10O8. The third-order valence-corrected chi connectivity index (χ3v) is 1.31.